The Hall–Kier alpha value is -4.01. The minimum atomic E-state index is -1.61. The average molecular weight is 462 g/mol. The van der Waals surface area contributed by atoms with Gasteiger partial charge >= 0.3 is 17.9 Å². The van der Waals surface area contributed by atoms with Gasteiger partial charge in [0.25, 0.3) is 0 Å². The van der Waals surface area contributed by atoms with Crippen LogP contribution in [0.2, 0.25) is 0 Å². The van der Waals surface area contributed by atoms with Crippen molar-refractivity contribution in [2.75, 3.05) is 6.61 Å². The first kappa shape index (κ1) is 23.2. The fourth-order valence-corrected chi connectivity index (χ4v) is 3.40. The summed E-state index contributed by atoms with van der Waals surface area (Å²) in [6.07, 6.45) is -5.53. The van der Waals surface area contributed by atoms with E-state index in [2.05, 4.69) is 0 Å². The molecule has 0 unspecified atom stereocenters. The second-order valence-electron chi connectivity index (χ2n) is 7.51. The molecule has 0 aliphatic carbocycles. The van der Waals surface area contributed by atoms with E-state index in [-0.39, 0.29) is 23.3 Å². The Kier molecular flexibility index (Phi) is 7.31. The van der Waals surface area contributed by atoms with E-state index >= 15 is 0 Å². The highest BCUT2D eigenvalue weighted by Gasteiger charge is 2.46. The molecule has 8 nitrogen and oxygen atoms in total. The lowest BCUT2D eigenvalue weighted by molar-refractivity contribution is -0.250. The SMILES string of the molecule is O=C(O[C@H]1OC[C@H](OC(=O)c2ccccc2)[C@H](OC(=O)c2ccccc2)[C@H]1O)c1ccccc1. The molecule has 3 aromatic carbocycles. The number of esters is 3. The van der Waals surface area contributed by atoms with E-state index in [1.807, 2.05) is 0 Å². The molecule has 174 valence electrons. The number of hydrogen-bond donors (Lipinski definition) is 1. The van der Waals surface area contributed by atoms with E-state index in [1.165, 1.54) is 0 Å². The molecule has 1 saturated heterocycles. The van der Waals surface area contributed by atoms with E-state index < -0.39 is 42.5 Å². The average Bonchev–Trinajstić information content (AvgIpc) is 2.89. The molecule has 1 aliphatic rings. The van der Waals surface area contributed by atoms with Gasteiger partial charge in [-0.15, -0.1) is 0 Å². The minimum absolute atomic E-state index is 0.243. The Labute approximate surface area is 195 Å². The molecule has 1 heterocycles. The standard InChI is InChI=1S/C26H22O8/c27-21-22(33-24(29)18-12-6-2-7-13-18)20(32-23(28)17-10-4-1-5-11-17)16-31-26(21)34-25(30)19-14-8-3-9-15-19/h1-15,20-22,26-27H,16H2/t20-,21+,22-,26+/m0/s1. The predicted molar refractivity (Wildman–Crippen MR) is 119 cm³/mol. The topological polar surface area (TPSA) is 108 Å². The van der Waals surface area contributed by atoms with Crippen molar-refractivity contribution in [1.29, 1.82) is 0 Å². The highest BCUT2D eigenvalue weighted by molar-refractivity contribution is 5.91. The van der Waals surface area contributed by atoms with Crippen LogP contribution >= 0.6 is 0 Å². The number of hydrogen-bond acceptors (Lipinski definition) is 8. The second kappa shape index (κ2) is 10.7. The zero-order chi connectivity index (χ0) is 23.9. The van der Waals surface area contributed by atoms with Gasteiger partial charge in [0.15, 0.2) is 18.3 Å². The number of carbonyl (C=O) groups excluding carboxylic acids is 3. The zero-order valence-electron chi connectivity index (χ0n) is 18.0. The van der Waals surface area contributed by atoms with Crippen molar-refractivity contribution in [2.24, 2.45) is 0 Å². The van der Waals surface area contributed by atoms with Crippen LogP contribution in [0.25, 0.3) is 0 Å². The van der Waals surface area contributed by atoms with Crippen LogP contribution in [0.5, 0.6) is 0 Å². The van der Waals surface area contributed by atoms with Crippen LogP contribution in [0.4, 0.5) is 0 Å². The number of rotatable bonds is 6. The zero-order valence-corrected chi connectivity index (χ0v) is 18.0. The van der Waals surface area contributed by atoms with Crippen LogP contribution in [0.15, 0.2) is 91.0 Å². The van der Waals surface area contributed by atoms with Crippen molar-refractivity contribution in [3.63, 3.8) is 0 Å². The monoisotopic (exact) mass is 462 g/mol. The minimum Gasteiger partial charge on any atom is -0.452 e. The van der Waals surface area contributed by atoms with Gasteiger partial charge in [-0.3, -0.25) is 0 Å². The Morgan fingerprint density at radius 2 is 1.06 bits per heavy atom. The number of carbonyl (C=O) groups is 3. The fourth-order valence-electron chi connectivity index (χ4n) is 3.40. The normalized spacial score (nSPS) is 21.8. The Morgan fingerprint density at radius 3 is 1.53 bits per heavy atom. The molecule has 0 saturated carbocycles. The van der Waals surface area contributed by atoms with Gasteiger partial charge in [0, 0.05) is 0 Å². The number of aliphatic hydroxyl groups excluding tert-OH is 1. The van der Waals surface area contributed by atoms with Gasteiger partial charge in [-0.25, -0.2) is 14.4 Å². The summed E-state index contributed by atoms with van der Waals surface area (Å²) in [5, 5.41) is 10.9. The summed E-state index contributed by atoms with van der Waals surface area (Å²) in [5.74, 6) is -2.14. The van der Waals surface area contributed by atoms with E-state index in [0.29, 0.717) is 0 Å². The third kappa shape index (κ3) is 5.48. The molecule has 34 heavy (non-hydrogen) atoms. The molecular weight excluding hydrogens is 440 g/mol. The molecule has 1 N–H and O–H groups in total. The molecule has 4 rings (SSSR count). The van der Waals surface area contributed by atoms with Gasteiger partial charge in [-0.2, -0.15) is 0 Å². The highest BCUT2D eigenvalue weighted by atomic mass is 16.7. The lowest BCUT2D eigenvalue weighted by Crippen LogP contribution is -2.57. The van der Waals surface area contributed by atoms with Gasteiger partial charge in [0.1, 0.15) is 0 Å². The maximum Gasteiger partial charge on any atom is 0.340 e. The van der Waals surface area contributed by atoms with E-state index in [4.69, 9.17) is 18.9 Å². The number of ether oxygens (including phenoxy) is 4. The first-order chi connectivity index (χ1) is 16.5. The van der Waals surface area contributed by atoms with Gasteiger partial charge in [-0.05, 0) is 36.4 Å². The Bertz CT molecular complexity index is 1120. The summed E-state index contributed by atoms with van der Waals surface area (Å²) in [6, 6.07) is 24.6. The van der Waals surface area contributed by atoms with E-state index in [9.17, 15) is 19.5 Å². The van der Waals surface area contributed by atoms with Gasteiger partial charge in [0.05, 0.1) is 23.3 Å². The molecule has 0 bridgehead atoms. The molecular formula is C26H22O8. The lowest BCUT2D eigenvalue weighted by Gasteiger charge is -2.38. The number of aliphatic hydroxyl groups is 1. The maximum atomic E-state index is 12.7. The van der Waals surface area contributed by atoms with Crippen molar-refractivity contribution in [2.45, 2.75) is 24.6 Å². The third-order valence-corrected chi connectivity index (χ3v) is 5.16. The summed E-state index contributed by atoms with van der Waals surface area (Å²) >= 11 is 0. The van der Waals surface area contributed by atoms with Gasteiger partial charge in [-0.1, -0.05) is 54.6 Å². The second-order valence-corrected chi connectivity index (χ2v) is 7.51. The van der Waals surface area contributed by atoms with Crippen LogP contribution in [0.3, 0.4) is 0 Å². The van der Waals surface area contributed by atoms with Crippen LogP contribution < -0.4 is 0 Å². The third-order valence-electron chi connectivity index (χ3n) is 5.16. The highest BCUT2D eigenvalue weighted by Crippen LogP contribution is 2.25. The summed E-state index contributed by atoms with van der Waals surface area (Å²) in [6.45, 7) is -0.269. The molecule has 1 fully saturated rings. The predicted octanol–water partition coefficient (Wildman–Crippen LogP) is 3.01. The summed E-state index contributed by atoms with van der Waals surface area (Å²) in [7, 11) is 0. The lowest BCUT2D eigenvalue weighted by atomic mass is 10.0. The van der Waals surface area contributed by atoms with Crippen molar-refractivity contribution in [3.8, 4) is 0 Å². The van der Waals surface area contributed by atoms with Crippen molar-refractivity contribution < 1.29 is 38.4 Å². The van der Waals surface area contributed by atoms with Crippen LogP contribution in [-0.2, 0) is 18.9 Å². The Morgan fingerprint density at radius 1 is 0.647 bits per heavy atom. The van der Waals surface area contributed by atoms with E-state index in [0.717, 1.165) is 0 Å². The summed E-state index contributed by atoms with van der Waals surface area (Å²) in [5.41, 5.74) is 0.781. The molecule has 4 atom stereocenters. The molecule has 0 aromatic heterocycles. The van der Waals surface area contributed by atoms with Crippen molar-refractivity contribution in [1.82, 2.24) is 0 Å². The van der Waals surface area contributed by atoms with Gasteiger partial charge in [0.2, 0.25) is 6.29 Å². The first-order valence-electron chi connectivity index (χ1n) is 10.6. The summed E-state index contributed by atoms with van der Waals surface area (Å²) in [4.78, 5) is 37.7. The van der Waals surface area contributed by atoms with Crippen LogP contribution in [0.1, 0.15) is 31.1 Å². The molecule has 8 heteroatoms. The smallest absolute Gasteiger partial charge is 0.340 e. The molecule has 0 spiro atoms. The van der Waals surface area contributed by atoms with Crippen molar-refractivity contribution >= 4 is 17.9 Å². The molecule has 3 aromatic rings. The maximum absolute atomic E-state index is 12.7. The largest absolute Gasteiger partial charge is 0.452 e. The number of benzene rings is 3. The Balaban J connectivity index is 1.52. The van der Waals surface area contributed by atoms with Crippen molar-refractivity contribution in [3.05, 3.63) is 108 Å². The van der Waals surface area contributed by atoms with Gasteiger partial charge < -0.3 is 24.1 Å². The quantitative estimate of drug-likeness (QED) is 0.440. The fraction of sp³-hybridized carbons (Fsp3) is 0.192. The molecule has 1 aliphatic heterocycles. The van der Waals surface area contributed by atoms with E-state index in [1.54, 1.807) is 91.0 Å². The van der Waals surface area contributed by atoms with Crippen LogP contribution in [-0.4, -0.2) is 54.2 Å². The summed E-state index contributed by atoms with van der Waals surface area (Å²) < 4.78 is 21.8. The van der Waals surface area contributed by atoms with Crippen LogP contribution in [0, 0.1) is 0 Å². The molecule has 0 amide bonds. The first-order valence-corrected chi connectivity index (χ1v) is 10.6. The molecule has 0 radical (unpaired) electrons.